The van der Waals surface area contributed by atoms with Crippen molar-refractivity contribution in [3.8, 4) is 0 Å². The van der Waals surface area contributed by atoms with Crippen molar-refractivity contribution in [3.63, 3.8) is 0 Å². The average molecular weight is 581 g/mol. The quantitative estimate of drug-likeness (QED) is 0.348. The number of pyridine rings is 1. The fourth-order valence-corrected chi connectivity index (χ4v) is 7.80. The zero-order valence-electron chi connectivity index (χ0n) is 19.9. The highest BCUT2D eigenvalue weighted by Crippen LogP contribution is 2.53. The number of thioether (sulfide) groups is 1. The fourth-order valence-electron chi connectivity index (χ4n) is 4.90. The number of anilines is 2. The first-order chi connectivity index (χ1) is 18.8. The first kappa shape index (κ1) is 25.5. The van der Waals surface area contributed by atoms with Crippen LogP contribution in [0.15, 0.2) is 82.9 Å². The maximum absolute atomic E-state index is 13.8. The summed E-state index contributed by atoms with van der Waals surface area (Å²) in [6, 6.07) is 15.3. The number of hydrogen-bond acceptors (Lipinski definition) is 7. The molecule has 0 bridgehead atoms. The lowest BCUT2D eigenvalue weighted by Crippen LogP contribution is -2.33. The SMILES string of the molecule is O=C(Cn1c2c(sc1=O)[C@@H](c1cccnc1)[C@H]1C(=O)N(c3ccc(Cl)cc3)C(=O)[C@H]1S2)Nc1ccc(F)cc1. The van der Waals surface area contributed by atoms with Crippen LogP contribution in [0.5, 0.6) is 0 Å². The Morgan fingerprint density at radius 2 is 1.77 bits per heavy atom. The van der Waals surface area contributed by atoms with E-state index in [-0.39, 0.29) is 17.3 Å². The molecule has 0 saturated carbocycles. The molecule has 1 fully saturated rings. The summed E-state index contributed by atoms with van der Waals surface area (Å²) in [4.78, 5) is 59.1. The molecule has 39 heavy (non-hydrogen) atoms. The van der Waals surface area contributed by atoms with E-state index >= 15 is 0 Å². The Hall–Kier alpha value is -3.80. The number of aromatic nitrogens is 2. The van der Waals surface area contributed by atoms with Crippen LogP contribution < -0.4 is 15.1 Å². The van der Waals surface area contributed by atoms with Gasteiger partial charge in [0, 0.05) is 33.9 Å². The van der Waals surface area contributed by atoms with Crippen molar-refractivity contribution in [3.05, 3.63) is 104 Å². The maximum Gasteiger partial charge on any atom is 0.308 e. The minimum Gasteiger partial charge on any atom is -0.325 e. The molecule has 12 heteroatoms. The van der Waals surface area contributed by atoms with E-state index in [0.29, 0.717) is 31.9 Å². The summed E-state index contributed by atoms with van der Waals surface area (Å²) in [6.45, 7) is -0.310. The van der Waals surface area contributed by atoms with Crippen LogP contribution in [-0.2, 0) is 20.9 Å². The van der Waals surface area contributed by atoms with Gasteiger partial charge in [0.25, 0.3) is 0 Å². The number of nitrogens with one attached hydrogen (secondary N) is 1. The Kier molecular flexibility index (Phi) is 6.57. The van der Waals surface area contributed by atoms with Crippen molar-refractivity contribution < 1.29 is 18.8 Å². The lowest BCUT2D eigenvalue weighted by atomic mass is 9.84. The van der Waals surface area contributed by atoms with Crippen LogP contribution in [0.1, 0.15) is 16.4 Å². The van der Waals surface area contributed by atoms with Gasteiger partial charge in [-0.15, -0.1) is 0 Å². The van der Waals surface area contributed by atoms with Gasteiger partial charge in [-0.05, 0) is 60.2 Å². The maximum atomic E-state index is 13.8. The van der Waals surface area contributed by atoms with Crippen LogP contribution in [0.3, 0.4) is 0 Å². The van der Waals surface area contributed by atoms with Crippen LogP contribution >= 0.6 is 34.7 Å². The lowest BCUT2D eigenvalue weighted by Gasteiger charge is -2.30. The van der Waals surface area contributed by atoms with E-state index in [4.69, 9.17) is 11.6 Å². The Bertz CT molecular complexity index is 1660. The Morgan fingerprint density at radius 1 is 1.03 bits per heavy atom. The highest BCUT2D eigenvalue weighted by molar-refractivity contribution is 8.00. The second kappa shape index (κ2) is 10.1. The first-order valence-corrected chi connectivity index (χ1v) is 13.9. The molecule has 0 unspecified atom stereocenters. The highest BCUT2D eigenvalue weighted by Gasteiger charge is 2.56. The predicted octanol–water partition coefficient (Wildman–Crippen LogP) is 4.53. The normalized spacial score (nSPS) is 20.1. The number of amides is 3. The summed E-state index contributed by atoms with van der Waals surface area (Å²) in [5.74, 6) is -3.07. The van der Waals surface area contributed by atoms with Gasteiger partial charge in [0.05, 0.1) is 16.6 Å². The number of rotatable bonds is 5. The molecule has 2 aliphatic heterocycles. The number of carbonyl (C=O) groups excluding carboxylic acids is 3. The zero-order valence-corrected chi connectivity index (χ0v) is 22.3. The Labute approximate surface area is 234 Å². The van der Waals surface area contributed by atoms with Crippen LogP contribution in [-0.4, -0.2) is 32.5 Å². The molecular formula is C27H18ClFN4O4S2. The topological polar surface area (TPSA) is 101 Å². The largest absolute Gasteiger partial charge is 0.325 e. The summed E-state index contributed by atoms with van der Waals surface area (Å²) in [5, 5.41) is 2.79. The molecule has 1 saturated heterocycles. The van der Waals surface area contributed by atoms with Gasteiger partial charge in [-0.2, -0.15) is 0 Å². The molecule has 2 aromatic carbocycles. The molecule has 2 aliphatic rings. The van der Waals surface area contributed by atoms with Gasteiger partial charge >= 0.3 is 4.87 Å². The molecule has 196 valence electrons. The molecule has 0 aliphatic carbocycles. The third-order valence-corrected chi connectivity index (χ3v) is 9.46. The Morgan fingerprint density at radius 3 is 2.46 bits per heavy atom. The van der Waals surface area contributed by atoms with Gasteiger partial charge in [0.2, 0.25) is 17.7 Å². The van der Waals surface area contributed by atoms with Gasteiger partial charge < -0.3 is 5.32 Å². The minimum atomic E-state index is -0.814. The molecule has 1 N–H and O–H groups in total. The Balaban J connectivity index is 1.39. The smallest absolute Gasteiger partial charge is 0.308 e. The van der Waals surface area contributed by atoms with Crippen LogP contribution in [0.25, 0.3) is 0 Å². The van der Waals surface area contributed by atoms with Crippen molar-refractivity contribution in [1.29, 1.82) is 0 Å². The summed E-state index contributed by atoms with van der Waals surface area (Å²) in [6.07, 6.45) is 3.23. The summed E-state index contributed by atoms with van der Waals surface area (Å²) >= 11 is 8.09. The molecule has 2 aromatic heterocycles. The third-order valence-electron chi connectivity index (χ3n) is 6.61. The van der Waals surface area contributed by atoms with Gasteiger partial charge in [-0.3, -0.25) is 28.7 Å². The van der Waals surface area contributed by atoms with Crippen molar-refractivity contribution in [2.45, 2.75) is 22.7 Å². The molecule has 4 heterocycles. The van der Waals surface area contributed by atoms with Gasteiger partial charge in [0.1, 0.15) is 17.6 Å². The second-order valence-corrected chi connectivity index (χ2v) is 11.6. The average Bonchev–Trinajstić information content (AvgIpc) is 3.37. The lowest BCUT2D eigenvalue weighted by molar-refractivity contribution is -0.122. The minimum absolute atomic E-state index is 0.310. The van der Waals surface area contributed by atoms with E-state index in [1.165, 1.54) is 33.7 Å². The van der Waals surface area contributed by atoms with E-state index < -0.39 is 34.7 Å². The van der Waals surface area contributed by atoms with E-state index in [1.807, 2.05) is 6.07 Å². The fraction of sp³-hybridized carbons (Fsp3) is 0.148. The summed E-state index contributed by atoms with van der Waals surface area (Å²) < 4.78 is 14.6. The predicted molar refractivity (Wildman–Crippen MR) is 147 cm³/mol. The van der Waals surface area contributed by atoms with E-state index in [9.17, 15) is 23.6 Å². The van der Waals surface area contributed by atoms with Gasteiger partial charge in [-0.1, -0.05) is 40.8 Å². The molecule has 3 atom stereocenters. The third kappa shape index (κ3) is 4.56. The van der Waals surface area contributed by atoms with Crippen LogP contribution in [0.2, 0.25) is 5.02 Å². The number of halogens is 2. The van der Waals surface area contributed by atoms with Crippen molar-refractivity contribution in [1.82, 2.24) is 9.55 Å². The van der Waals surface area contributed by atoms with E-state index in [2.05, 4.69) is 10.3 Å². The molecule has 0 spiro atoms. The number of nitrogens with zero attached hydrogens (tertiary/aromatic N) is 3. The number of benzene rings is 2. The number of carbonyl (C=O) groups is 3. The number of fused-ring (bicyclic) bond motifs is 2. The van der Waals surface area contributed by atoms with E-state index in [0.717, 1.165) is 23.1 Å². The van der Waals surface area contributed by atoms with Crippen LogP contribution in [0.4, 0.5) is 15.8 Å². The molecule has 8 nitrogen and oxygen atoms in total. The number of imide groups is 1. The highest BCUT2D eigenvalue weighted by atomic mass is 35.5. The van der Waals surface area contributed by atoms with Crippen molar-refractivity contribution in [2.75, 3.05) is 10.2 Å². The van der Waals surface area contributed by atoms with Crippen molar-refractivity contribution in [2.24, 2.45) is 5.92 Å². The number of hydrogen-bond donors (Lipinski definition) is 1. The standard InChI is InChI=1S/C27H18ClFN4O4S2/c28-15-3-9-18(10-4-15)33-24(35)21-20(14-2-1-11-30-12-14)23-26(38-22(21)25(33)36)32(27(37)39-23)13-19(34)31-17-7-5-16(29)6-8-17/h1-12,20-22H,13H2,(H,31,34)/t20-,21+,22-/m0/s1. The summed E-state index contributed by atoms with van der Waals surface area (Å²) in [7, 11) is 0. The molecule has 4 aromatic rings. The molecule has 3 amide bonds. The van der Waals surface area contributed by atoms with E-state index in [1.54, 1.807) is 42.7 Å². The first-order valence-electron chi connectivity index (χ1n) is 11.8. The second-order valence-electron chi connectivity index (χ2n) is 9.00. The molecule has 0 radical (unpaired) electrons. The molecular weight excluding hydrogens is 563 g/mol. The van der Waals surface area contributed by atoms with Crippen molar-refractivity contribution >= 4 is 63.8 Å². The van der Waals surface area contributed by atoms with Crippen LogP contribution in [0, 0.1) is 11.7 Å². The number of thiazole rings is 1. The monoisotopic (exact) mass is 580 g/mol. The van der Waals surface area contributed by atoms with Gasteiger partial charge in [0.15, 0.2) is 0 Å². The van der Waals surface area contributed by atoms with Gasteiger partial charge in [-0.25, -0.2) is 9.29 Å². The molecule has 6 rings (SSSR count). The zero-order chi connectivity index (χ0) is 27.3. The summed E-state index contributed by atoms with van der Waals surface area (Å²) in [5.41, 5.74) is 1.49.